The van der Waals surface area contributed by atoms with Crippen LogP contribution in [0, 0.1) is 6.66 Å². The first-order chi connectivity index (χ1) is 7.45. The van der Waals surface area contributed by atoms with Gasteiger partial charge in [0, 0.05) is 0 Å². The Morgan fingerprint density at radius 3 is 2.81 bits per heavy atom. The Bertz CT molecular complexity index is 300. The van der Waals surface area contributed by atoms with E-state index in [9.17, 15) is 4.57 Å². The van der Waals surface area contributed by atoms with Crippen molar-refractivity contribution in [2.75, 3.05) is 19.8 Å². The molecule has 92 valence electrons. The molecule has 0 heterocycles. The highest BCUT2D eigenvalue weighted by molar-refractivity contribution is 7.55. The van der Waals surface area contributed by atoms with E-state index in [2.05, 4.69) is 23.6 Å². The van der Waals surface area contributed by atoms with Crippen molar-refractivity contribution < 1.29 is 23.6 Å². The Morgan fingerprint density at radius 1 is 1.75 bits per heavy atom. The number of hydrogen-bond acceptors (Lipinski definition) is 6. The van der Waals surface area contributed by atoms with Gasteiger partial charge in [-0.3, -0.25) is 4.52 Å². The van der Waals surface area contributed by atoms with Crippen LogP contribution in [0.25, 0.3) is 0 Å². The maximum Gasteiger partial charge on any atom is 0.526 e. The van der Waals surface area contributed by atoms with Crippen molar-refractivity contribution in [3.63, 3.8) is 0 Å². The van der Waals surface area contributed by atoms with E-state index in [1.165, 1.54) is 0 Å². The van der Waals surface area contributed by atoms with E-state index in [-0.39, 0.29) is 13.2 Å². The molecule has 7 heteroatoms. The van der Waals surface area contributed by atoms with Gasteiger partial charge in [-0.15, -0.1) is 5.73 Å². The molecular formula is C9H17NO5P+. The summed E-state index contributed by atoms with van der Waals surface area (Å²) in [5, 5.41) is 8.92. The fourth-order valence-corrected chi connectivity index (χ4v) is 1.39. The molecule has 0 radical (unpaired) electrons. The maximum atomic E-state index is 11.2. The van der Waals surface area contributed by atoms with Crippen molar-refractivity contribution in [3.8, 4) is 0 Å². The van der Waals surface area contributed by atoms with Crippen LogP contribution in [-0.2, 0) is 18.5 Å². The number of rotatable bonds is 8. The van der Waals surface area contributed by atoms with Crippen LogP contribution in [0.3, 0.4) is 0 Å². The normalized spacial score (nSPS) is 16.2. The van der Waals surface area contributed by atoms with Gasteiger partial charge in [-0.2, -0.15) is 4.62 Å². The third-order valence-electron chi connectivity index (χ3n) is 1.60. The number of aliphatic hydroxyl groups is 1. The van der Waals surface area contributed by atoms with Crippen LogP contribution in [0.1, 0.15) is 6.92 Å². The molecule has 0 rings (SSSR count). The van der Waals surface area contributed by atoms with Crippen LogP contribution in [0.15, 0.2) is 17.9 Å². The number of nitrogens with two attached hydrogens (primary N) is 1. The van der Waals surface area contributed by atoms with Gasteiger partial charge in [-0.25, -0.2) is 10.5 Å². The molecule has 0 aliphatic heterocycles. The number of aliphatic hydroxyl groups excluding tert-OH is 1. The lowest BCUT2D eigenvalue weighted by atomic mass is 10.3. The smallest absolute Gasteiger partial charge is 0.394 e. The van der Waals surface area contributed by atoms with Crippen LogP contribution in [0.2, 0.25) is 0 Å². The average Bonchev–Trinajstić information content (AvgIpc) is 2.27. The molecule has 0 fully saturated rings. The minimum atomic E-state index is -3.56. The Hall–Kier alpha value is -0.580. The second-order valence-corrected chi connectivity index (χ2v) is 4.74. The Kier molecular flexibility index (Phi) is 7.38. The minimum absolute atomic E-state index is 0.0401. The van der Waals surface area contributed by atoms with Crippen LogP contribution in [0.4, 0.5) is 0 Å². The van der Waals surface area contributed by atoms with Crippen molar-refractivity contribution in [2.45, 2.75) is 13.0 Å². The zero-order valence-corrected chi connectivity index (χ0v) is 10.1. The molecule has 16 heavy (non-hydrogen) atoms. The van der Waals surface area contributed by atoms with E-state index in [1.807, 2.05) is 0 Å². The summed E-state index contributed by atoms with van der Waals surface area (Å²) < 4.78 is 25.3. The largest absolute Gasteiger partial charge is 0.526 e. The van der Waals surface area contributed by atoms with E-state index in [0.717, 1.165) is 5.57 Å². The second kappa shape index (κ2) is 7.65. The summed E-state index contributed by atoms with van der Waals surface area (Å²) in [7, 11) is -3.56. The summed E-state index contributed by atoms with van der Waals surface area (Å²) in [5.41, 5.74) is 3.45. The minimum Gasteiger partial charge on any atom is -0.394 e. The van der Waals surface area contributed by atoms with Crippen molar-refractivity contribution in [2.24, 2.45) is 5.90 Å². The van der Waals surface area contributed by atoms with E-state index in [1.54, 1.807) is 6.92 Å². The molecule has 0 aromatic heterocycles. The van der Waals surface area contributed by atoms with Gasteiger partial charge >= 0.3 is 7.60 Å². The molecule has 2 atom stereocenters. The lowest BCUT2D eigenvalue weighted by Crippen LogP contribution is -2.23. The zero-order valence-electron chi connectivity index (χ0n) is 9.22. The van der Waals surface area contributed by atoms with Gasteiger partial charge in [0.1, 0.15) is 6.10 Å². The number of hydrogen-bond donors (Lipinski definition) is 2. The first kappa shape index (κ1) is 15.4. The fourth-order valence-electron chi connectivity index (χ4n) is 0.763. The topological polar surface area (TPSA) is 91.0 Å². The van der Waals surface area contributed by atoms with Gasteiger partial charge in [-0.1, -0.05) is 6.58 Å². The fraction of sp³-hybridized carbons (Fsp3) is 0.556. The van der Waals surface area contributed by atoms with Crippen LogP contribution in [-0.4, -0.2) is 31.0 Å². The lowest BCUT2D eigenvalue weighted by Gasteiger charge is -2.15. The van der Waals surface area contributed by atoms with Gasteiger partial charge in [0.15, 0.2) is 6.66 Å². The zero-order chi connectivity index (χ0) is 12.6. The standard InChI is InChI=1S/C9H17NO5P/c1-4-8(2)6-13-7-9(5-11)14-16(3,12)15-10/h9,11H,1,3,5-7,10H2,2H3/q+1. The molecule has 0 aliphatic rings. The summed E-state index contributed by atoms with van der Waals surface area (Å²) >= 11 is 0. The highest BCUT2D eigenvalue weighted by Crippen LogP contribution is 2.45. The van der Waals surface area contributed by atoms with Crippen LogP contribution < -0.4 is 5.90 Å². The molecule has 0 aliphatic carbocycles. The van der Waals surface area contributed by atoms with Gasteiger partial charge in [0.05, 0.1) is 19.8 Å². The molecule has 0 aromatic carbocycles. The number of ether oxygens (including phenoxy) is 1. The third-order valence-corrected chi connectivity index (χ3v) is 2.54. The monoisotopic (exact) mass is 250 g/mol. The Labute approximate surface area is 95.2 Å². The highest BCUT2D eigenvalue weighted by Gasteiger charge is 2.30. The molecule has 0 aromatic rings. The predicted molar refractivity (Wildman–Crippen MR) is 59.3 cm³/mol. The predicted octanol–water partition coefficient (Wildman–Crippen LogP) is 0.987. The van der Waals surface area contributed by atoms with Gasteiger partial charge in [0.25, 0.3) is 0 Å². The molecule has 0 saturated heterocycles. The molecule has 6 nitrogen and oxygen atoms in total. The van der Waals surface area contributed by atoms with Gasteiger partial charge < -0.3 is 9.84 Å². The summed E-state index contributed by atoms with van der Waals surface area (Å²) in [4.78, 5) is 0. The third kappa shape index (κ3) is 6.82. The van der Waals surface area contributed by atoms with E-state index < -0.39 is 13.7 Å². The summed E-state index contributed by atoms with van der Waals surface area (Å²) in [6, 6.07) is 0. The van der Waals surface area contributed by atoms with Crippen molar-refractivity contribution in [1.29, 1.82) is 0 Å². The van der Waals surface area contributed by atoms with Gasteiger partial charge in [-0.05, 0) is 12.5 Å². The molecular weight excluding hydrogens is 233 g/mol. The average molecular weight is 250 g/mol. The van der Waals surface area contributed by atoms with Crippen molar-refractivity contribution >= 4 is 7.60 Å². The summed E-state index contributed by atoms with van der Waals surface area (Å²) in [6.45, 7) is 8.32. The maximum absolute atomic E-state index is 11.2. The Balaban J connectivity index is 4.02. The summed E-state index contributed by atoms with van der Waals surface area (Å²) in [5.74, 6) is 4.71. The molecule has 0 saturated carbocycles. The summed E-state index contributed by atoms with van der Waals surface area (Å²) in [6.07, 6.45) is -0.801. The van der Waals surface area contributed by atoms with E-state index in [4.69, 9.17) is 20.3 Å². The van der Waals surface area contributed by atoms with Crippen LogP contribution in [0.5, 0.6) is 0 Å². The molecule has 0 bridgehead atoms. The SMILES string of the molecule is C=C=C(C)COCC(CO)OP([CH2+])(=O)ON. The molecule has 0 spiro atoms. The first-order valence-electron chi connectivity index (χ1n) is 4.50. The van der Waals surface area contributed by atoms with E-state index >= 15 is 0 Å². The van der Waals surface area contributed by atoms with Gasteiger partial charge in [0.2, 0.25) is 0 Å². The highest BCUT2D eigenvalue weighted by atomic mass is 31.2. The first-order valence-corrected chi connectivity index (χ1v) is 6.23. The van der Waals surface area contributed by atoms with Crippen LogP contribution >= 0.6 is 7.60 Å². The quantitative estimate of drug-likeness (QED) is 0.289. The van der Waals surface area contributed by atoms with Crippen molar-refractivity contribution in [3.05, 3.63) is 24.5 Å². The lowest BCUT2D eigenvalue weighted by molar-refractivity contribution is 0.0193. The van der Waals surface area contributed by atoms with Crippen molar-refractivity contribution in [1.82, 2.24) is 0 Å². The van der Waals surface area contributed by atoms with E-state index in [0.29, 0.717) is 6.61 Å². The Morgan fingerprint density at radius 2 is 2.38 bits per heavy atom. The second-order valence-electron chi connectivity index (χ2n) is 3.10. The molecule has 2 unspecified atom stereocenters. The molecule has 0 amide bonds. The molecule has 3 N–H and O–H groups in total.